The Bertz CT molecular complexity index is 1400. The van der Waals surface area contributed by atoms with Gasteiger partial charge in [0.25, 0.3) is 0 Å². The van der Waals surface area contributed by atoms with E-state index in [1.165, 1.54) is 19.2 Å². The smallest absolute Gasteiger partial charge is 0.320 e. The standard InChI is InChI=1S/C28H33ClFN5O4/c1-4-33-11-13-35(14-12-33)28(36)34-9-7-18(8-10-34)20-16-38-25-19(20)15-32-27(31)26(25)39-17(2)23-22(37-3)6-5-21(30)24(23)29/h5-7,15-17H,4,8-14H2,1-3H3,(H2,31,32)/t17-/m1/s1. The van der Waals surface area contributed by atoms with E-state index >= 15 is 0 Å². The Morgan fingerprint density at radius 1 is 1.23 bits per heavy atom. The van der Waals surface area contributed by atoms with Gasteiger partial charge < -0.3 is 34.3 Å². The number of nitrogens with zero attached hydrogens (tertiary/aromatic N) is 4. The minimum atomic E-state index is -0.709. The Balaban J connectivity index is 1.35. The first kappa shape index (κ1) is 27.1. The third-order valence-electron chi connectivity index (χ3n) is 7.53. The van der Waals surface area contributed by atoms with E-state index < -0.39 is 11.9 Å². The summed E-state index contributed by atoms with van der Waals surface area (Å²) in [7, 11) is 1.48. The molecule has 39 heavy (non-hydrogen) atoms. The molecule has 208 valence electrons. The first-order chi connectivity index (χ1) is 18.8. The van der Waals surface area contributed by atoms with Crippen molar-refractivity contribution in [2.45, 2.75) is 26.4 Å². The van der Waals surface area contributed by atoms with E-state index in [9.17, 15) is 9.18 Å². The third-order valence-corrected chi connectivity index (χ3v) is 7.91. The Kier molecular flexibility index (Phi) is 7.86. The molecule has 1 aromatic carbocycles. The van der Waals surface area contributed by atoms with Crippen LogP contribution in [0.1, 0.15) is 37.5 Å². The van der Waals surface area contributed by atoms with E-state index in [0.717, 1.165) is 49.2 Å². The topological polar surface area (TPSA) is 97.3 Å². The van der Waals surface area contributed by atoms with E-state index in [1.54, 1.807) is 19.4 Å². The fourth-order valence-electron chi connectivity index (χ4n) is 5.23. The molecule has 0 radical (unpaired) electrons. The number of nitrogen functional groups attached to an aromatic ring is 1. The van der Waals surface area contributed by atoms with Crippen LogP contribution in [0.25, 0.3) is 16.5 Å². The van der Waals surface area contributed by atoms with Crippen LogP contribution in [0.4, 0.5) is 15.0 Å². The van der Waals surface area contributed by atoms with Gasteiger partial charge >= 0.3 is 6.03 Å². The number of amides is 2. The third kappa shape index (κ3) is 5.23. The molecule has 4 heterocycles. The zero-order chi connectivity index (χ0) is 27.7. The van der Waals surface area contributed by atoms with Gasteiger partial charge in [0.1, 0.15) is 17.7 Å². The van der Waals surface area contributed by atoms with Crippen molar-refractivity contribution in [1.82, 2.24) is 19.7 Å². The van der Waals surface area contributed by atoms with Gasteiger partial charge in [-0.15, -0.1) is 0 Å². The summed E-state index contributed by atoms with van der Waals surface area (Å²) in [6.45, 7) is 9.36. The number of halogens is 2. The summed E-state index contributed by atoms with van der Waals surface area (Å²) in [5.74, 6) is 0.200. The molecular formula is C28H33ClFN5O4. The van der Waals surface area contributed by atoms with Gasteiger partial charge in [0.05, 0.1) is 29.3 Å². The van der Waals surface area contributed by atoms with Gasteiger partial charge in [-0.1, -0.05) is 24.6 Å². The SMILES string of the molecule is CCN1CCN(C(=O)N2CC=C(c3coc4c(O[C@H](C)c5c(OC)ccc(F)c5Cl)c(N)ncc34)CC2)CC1. The maximum atomic E-state index is 14.2. The monoisotopic (exact) mass is 557 g/mol. The average molecular weight is 558 g/mol. The molecule has 0 bridgehead atoms. The van der Waals surface area contributed by atoms with Gasteiger partial charge in [-0.05, 0) is 37.6 Å². The fourth-order valence-corrected chi connectivity index (χ4v) is 5.54. The predicted molar refractivity (Wildman–Crippen MR) is 149 cm³/mol. The molecule has 9 nitrogen and oxygen atoms in total. The van der Waals surface area contributed by atoms with Crippen molar-refractivity contribution >= 4 is 40.0 Å². The van der Waals surface area contributed by atoms with Crippen LogP contribution < -0.4 is 15.2 Å². The molecule has 1 saturated heterocycles. The molecule has 0 aliphatic carbocycles. The highest BCUT2D eigenvalue weighted by atomic mass is 35.5. The second kappa shape index (κ2) is 11.3. The van der Waals surface area contributed by atoms with Crippen molar-refractivity contribution in [2.75, 3.05) is 58.7 Å². The number of urea groups is 1. The number of likely N-dealkylation sites (N-methyl/N-ethyl adjacent to an activating group) is 1. The molecule has 0 spiro atoms. The van der Waals surface area contributed by atoms with Gasteiger partial charge in [-0.3, -0.25) is 0 Å². The average Bonchev–Trinajstić information content (AvgIpc) is 3.40. The molecule has 5 rings (SSSR count). The maximum absolute atomic E-state index is 14.2. The summed E-state index contributed by atoms with van der Waals surface area (Å²) in [4.78, 5) is 23.6. The summed E-state index contributed by atoms with van der Waals surface area (Å²) in [5.41, 5.74) is 8.91. The van der Waals surface area contributed by atoms with Crippen molar-refractivity contribution < 1.29 is 23.1 Å². The molecule has 1 atom stereocenters. The van der Waals surface area contributed by atoms with E-state index in [4.69, 9.17) is 31.2 Å². The summed E-state index contributed by atoms with van der Waals surface area (Å²) >= 11 is 6.25. The minimum absolute atomic E-state index is 0.0839. The highest BCUT2D eigenvalue weighted by Crippen LogP contribution is 2.42. The zero-order valence-electron chi connectivity index (χ0n) is 22.4. The molecule has 2 N–H and O–H groups in total. The van der Waals surface area contributed by atoms with Crippen LogP contribution in [0.2, 0.25) is 5.02 Å². The maximum Gasteiger partial charge on any atom is 0.320 e. The Hall–Kier alpha value is -3.50. The van der Waals surface area contributed by atoms with Crippen LogP contribution in [0.5, 0.6) is 11.5 Å². The number of carbonyl (C=O) groups is 1. The molecule has 1 fully saturated rings. The molecule has 2 aromatic heterocycles. The van der Waals surface area contributed by atoms with Crippen molar-refractivity contribution in [2.24, 2.45) is 0 Å². The number of pyridine rings is 1. The number of hydrogen-bond acceptors (Lipinski definition) is 7. The lowest BCUT2D eigenvalue weighted by atomic mass is 9.99. The van der Waals surface area contributed by atoms with E-state index in [1.807, 2.05) is 9.80 Å². The Labute approximate surface area is 231 Å². The number of rotatable bonds is 6. The number of benzene rings is 1. The largest absolute Gasteiger partial charge is 0.496 e. The number of fused-ring (bicyclic) bond motifs is 1. The number of furan rings is 1. The van der Waals surface area contributed by atoms with Crippen LogP contribution in [-0.4, -0.2) is 78.6 Å². The van der Waals surface area contributed by atoms with Gasteiger partial charge in [0.15, 0.2) is 11.4 Å². The fraction of sp³-hybridized carbons (Fsp3) is 0.429. The highest BCUT2D eigenvalue weighted by Gasteiger charge is 2.28. The minimum Gasteiger partial charge on any atom is -0.496 e. The van der Waals surface area contributed by atoms with Crippen LogP contribution >= 0.6 is 11.6 Å². The van der Waals surface area contributed by atoms with Crippen molar-refractivity contribution in [3.63, 3.8) is 0 Å². The second-order valence-corrected chi connectivity index (χ2v) is 10.1. The number of ether oxygens (including phenoxy) is 2. The molecule has 11 heteroatoms. The quantitative estimate of drug-likeness (QED) is 0.445. The number of nitrogens with two attached hydrogens (primary N) is 1. The van der Waals surface area contributed by atoms with Crippen molar-refractivity contribution in [1.29, 1.82) is 0 Å². The Morgan fingerprint density at radius 2 is 2.00 bits per heavy atom. The van der Waals surface area contributed by atoms with Crippen molar-refractivity contribution in [3.05, 3.63) is 52.6 Å². The summed E-state index contributed by atoms with van der Waals surface area (Å²) in [5, 5.41) is 0.657. The lowest BCUT2D eigenvalue weighted by molar-refractivity contribution is 0.117. The zero-order valence-corrected chi connectivity index (χ0v) is 23.1. The number of piperazine rings is 1. The number of anilines is 1. The first-order valence-corrected chi connectivity index (χ1v) is 13.5. The molecule has 0 unspecified atom stereocenters. The van der Waals surface area contributed by atoms with Crippen LogP contribution in [0.3, 0.4) is 0 Å². The van der Waals surface area contributed by atoms with Crippen LogP contribution in [-0.2, 0) is 0 Å². The van der Waals surface area contributed by atoms with E-state index in [0.29, 0.717) is 36.4 Å². The van der Waals surface area contributed by atoms with Gasteiger partial charge in [-0.2, -0.15) is 0 Å². The van der Waals surface area contributed by atoms with Gasteiger partial charge in [0.2, 0.25) is 5.75 Å². The summed E-state index contributed by atoms with van der Waals surface area (Å²) in [6, 6.07) is 2.83. The summed E-state index contributed by atoms with van der Waals surface area (Å²) in [6.07, 6.45) is 5.35. The van der Waals surface area contributed by atoms with E-state index in [2.05, 4.69) is 22.9 Å². The number of aromatic nitrogens is 1. The Morgan fingerprint density at radius 3 is 2.67 bits per heavy atom. The molecule has 2 aliphatic rings. The summed E-state index contributed by atoms with van der Waals surface area (Å²) < 4.78 is 31.7. The lowest BCUT2D eigenvalue weighted by Gasteiger charge is -2.38. The molecule has 2 aliphatic heterocycles. The number of methoxy groups -OCH3 is 1. The molecule has 0 saturated carbocycles. The number of carbonyl (C=O) groups excluding carboxylic acids is 1. The molecular weight excluding hydrogens is 525 g/mol. The highest BCUT2D eigenvalue weighted by molar-refractivity contribution is 6.31. The van der Waals surface area contributed by atoms with Crippen LogP contribution in [0, 0.1) is 5.82 Å². The predicted octanol–water partition coefficient (Wildman–Crippen LogP) is 5.20. The second-order valence-electron chi connectivity index (χ2n) is 9.73. The molecule has 2 amide bonds. The van der Waals surface area contributed by atoms with Crippen molar-refractivity contribution in [3.8, 4) is 11.5 Å². The van der Waals surface area contributed by atoms with Crippen LogP contribution in [0.15, 0.2) is 35.1 Å². The normalized spacial score (nSPS) is 17.3. The van der Waals surface area contributed by atoms with Gasteiger partial charge in [0, 0.05) is 51.0 Å². The lowest BCUT2D eigenvalue weighted by Crippen LogP contribution is -2.53. The van der Waals surface area contributed by atoms with E-state index in [-0.39, 0.29) is 22.6 Å². The molecule has 3 aromatic rings. The first-order valence-electron chi connectivity index (χ1n) is 13.1. The number of hydrogen-bond donors (Lipinski definition) is 1. The van der Waals surface area contributed by atoms with Gasteiger partial charge in [-0.25, -0.2) is 14.2 Å².